The van der Waals surface area contributed by atoms with Crippen molar-refractivity contribution >= 4 is 11.8 Å². The first-order chi connectivity index (χ1) is 9.07. The van der Waals surface area contributed by atoms with Crippen LogP contribution in [0.5, 0.6) is 11.5 Å². The molecule has 5 heteroatoms. The van der Waals surface area contributed by atoms with E-state index in [1.807, 2.05) is 0 Å². The van der Waals surface area contributed by atoms with Crippen molar-refractivity contribution in [3.05, 3.63) is 23.8 Å². The number of benzene rings is 1. The lowest BCUT2D eigenvalue weighted by Gasteiger charge is -2.13. The Kier molecular flexibility index (Phi) is 5.36. The number of methoxy groups -OCH3 is 3. The van der Waals surface area contributed by atoms with E-state index < -0.39 is 11.9 Å². The third-order valence-electron chi connectivity index (χ3n) is 2.85. The molecule has 0 bridgehead atoms. The average molecular weight is 266 g/mol. The second-order valence-corrected chi connectivity index (χ2v) is 3.95. The lowest BCUT2D eigenvalue weighted by molar-refractivity contribution is -0.143. The van der Waals surface area contributed by atoms with E-state index in [0.717, 1.165) is 0 Å². The summed E-state index contributed by atoms with van der Waals surface area (Å²) in [5.74, 6) is -0.632. The van der Waals surface area contributed by atoms with Crippen LogP contribution in [0.4, 0.5) is 0 Å². The summed E-state index contributed by atoms with van der Waals surface area (Å²) in [6.45, 7) is 1.76. The number of Topliss-reactive ketones (excluding diaryl/α,β-unsaturated/α-hetero) is 1. The maximum Gasteiger partial charge on any atom is 0.316 e. The molecule has 0 aliphatic carbocycles. The Labute approximate surface area is 112 Å². The Balaban J connectivity index is 3.13. The summed E-state index contributed by atoms with van der Waals surface area (Å²) in [4.78, 5) is 23.9. The molecule has 0 amide bonds. The summed E-state index contributed by atoms with van der Waals surface area (Å²) >= 11 is 0. The fraction of sp³-hybridized carbons (Fsp3) is 0.429. The molecule has 0 saturated carbocycles. The Morgan fingerprint density at radius 1 is 1.05 bits per heavy atom. The fourth-order valence-electron chi connectivity index (χ4n) is 1.75. The molecule has 0 saturated heterocycles. The molecule has 1 atom stereocenters. The molecular weight excluding hydrogens is 248 g/mol. The van der Waals surface area contributed by atoms with Gasteiger partial charge in [0, 0.05) is 11.6 Å². The van der Waals surface area contributed by atoms with Crippen molar-refractivity contribution in [3.63, 3.8) is 0 Å². The van der Waals surface area contributed by atoms with Gasteiger partial charge in [0.2, 0.25) is 0 Å². The topological polar surface area (TPSA) is 61.8 Å². The van der Waals surface area contributed by atoms with Crippen LogP contribution in [0.1, 0.15) is 23.7 Å². The number of ketones is 1. The molecule has 0 aliphatic rings. The van der Waals surface area contributed by atoms with Crippen LogP contribution in [-0.4, -0.2) is 33.1 Å². The molecule has 1 unspecified atom stereocenters. The van der Waals surface area contributed by atoms with E-state index in [0.29, 0.717) is 23.5 Å². The number of carbonyl (C=O) groups excluding carboxylic acids is 2. The number of carbonyl (C=O) groups is 2. The molecular formula is C14H18O5. The van der Waals surface area contributed by atoms with Gasteiger partial charge in [-0.2, -0.15) is 0 Å². The van der Waals surface area contributed by atoms with E-state index >= 15 is 0 Å². The molecule has 0 fully saturated rings. The predicted molar refractivity (Wildman–Crippen MR) is 69.7 cm³/mol. The molecule has 1 aromatic carbocycles. The minimum Gasteiger partial charge on any atom is -0.497 e. The van der Waals surface area contributed by atoms with Gasteiger partial charge in [0.15, 0.2) is 5.78 Å². The van der Waals surface area contributed by atoms with Crippen molar-refractivity contribution in [1.82, 2.24) is 0 Å². The van der Waals surface area contributed by atoms with Gasteiger partial charge >= 0.3 is 5.97 Å². The first kappa shape index (κ1) is 15.0. The van der Waals surface area contributed by atoms with Crippen LogP contribution in [-0.2, 0) is 9.53 Å². The predicted octanol–water partition coefficient (Wildman–Crippen LogP) is 2.09. The molecule has 0 aromatic heterocycles. The van der Waals surface area contributed by atoms with Crippen molar-refractivity contribution in [2.45, 2.75) is 13.3 Å². The van der Waals surface area contributed by atoms with E-state index in [9.17, 15) is 9.59 Å². The quantitative estimate of drug-likeness (QED) is 0.448. The summed E-state index contributed by atoms with van der Waals surface area (Å²) in [6, 6.07) is 4.82. The number of hydrogen-bond acceptors (Lipinski definition) is 5. The van der Waals surface area contributed by atoms with Gasteiger partial charge in [0.1, 0.15) is 17.4 Å². The van der Waals surface area contributed by atoms with Gasteiger partial charge in [-0.25, -0.2) is 0 Å². The first-order valence-corrected chi connectivity index (χ1v) is 5.92. The zero-order valence-corrected chi connectivity index (χ0v) is 11.6. The molecule has 0 aliphatic heterocycles. The zero-order valence-electron chi connectivity index (χ0n) is 11.6. The van der Waals surface area contributed by atoms with Crippen molar-refractivity contribution in [2.75, 3.05) is 21.3 Å². The van der Waals surface area contributed by atoms with Crippen LogP contribution >= 0.6 is 0 Å². The molecule has 5 nitrogen and oxygen atoms in total. The van der Waals surface area contributed by atoms with Crippen molar-refractivity contribution < 1.29 is 23.8 Å². The lowest BCUT2D eigenvalue weighted by atomic mass is 9.95. The highest BCUT2D eigenvalue weighted by Gasteiger charge is 2.27. The highest BCUT2D eigenvalue weighted by atomic mass is 16.5. The van der Waals surface area contributed by atoms with E-state index in [-0.39, 0.29) is 5.78 Å². The van der Waals surface area contributed by atoms with Crippen LogP contribution in [0.15, 0.2) is 18.2 Å². The maximum absolute atomic E-state index is 12.3. The second kappa shape index (κ2) is 6.78. The van der Waals surface area contributed by atoms with Gasteiger partial charge in [-0.1, -0.05) is 6.92 Å². The normalized spacial score (nSPS) is 11.6. The smallest absolute Gasteiger partial charge is 0.316 e. The Morgan fingerprint density at radius 2 is 1.58 bits per heavy atom. The van der Waals surface area contributed by atoms with Crippen LogP contribution < -0.4 is 9.47 Å². The third kappa shape index (κ3) is 3.47. The summed E-state index contributed by atoms with van der Waals surface area (Å²) in [7, 11) is 4.27. The monoisotopic (exact) mass is 266 g/mol. The van der Waals surface area contributed by atoms with Gasteiger partial charge in [0.25, 0.3) is 0 Å². The van der Waals surface area contributed by atoms with E-state index in [4.69, 9.17) is 9.47 Å². The van der Waals surface area contributed by atoms with Crippen LogP contribution in [0, 0.1) is 5.92 Å². The third-order valence-corrected chi connectivity index (χ3v) is 2.85. The molecule has 0 heterocycles. The van der Waals surface area contributed by atoms with Crippen molar-refractivity contribution in [2.24, 2.45) is 5.92 Å². The largest absolute Gasteiger partial charge is 0.497 e. The lowest BCUT2D eigenvalue weighted by Crippen LogP contribution is -2.24. The summed E-state index contributed by atoms with van der Waals surface area (Å²) in [5.41, 5.74) is 0.369. The SMILES string of the molecule is CCC(C(=O)OC)C(=O)c1cc(OC)cc(OC)c1. The van der Waals surface area contributed by atoms with E-state index in [2.05, 4.69) is 4.74 Å². The number of hydrogen-bond donors (Lipinski definition) is 0. The Hall–Kier alpha value is -2.04. The summed E-state index contributed by atoms with van der Waals surface area (Å²) in [6.07, 6.45) is 0.380. The second-order valence-electron chi connectivity index (χ2n) is 3.95. The average Bonchev–Trinajstić information content (AvgIpc) is 2.46. The van der Waals surface area contributed by atoms with E-state index in [1.165, 1.54) is 21.3 Å². The van der Waals surface area contributed by atoms with Crippen LogP contribution in [0.2, 0.25) is 0 Å². The highest BCUT2D eigenvalue weighted by molar-refractivity contribution is 6.08. The molecule has 0 radical (unpaired) electrons. The minimum absolute atomic E-state index is 0.299. The number of rotatable bonds is 6. The minimum atomic E-state index is -0.804. The van der Waals surface area contributed by atoms with Crippen LogP contribution in [0.25, 0.3) is 0 Å². The molecule has 104 valence electrons. The van der Waals surface area contributed by atoms with Crippen molar-refractivity contribution in [1.29, 1.82) is 0 Å². The number of ether oxygens (including phenoxy) is 3. The van der Waals surface area contributed by atoms with Gasteiger partial charge < -0.3 is 14.2 Å². The molecule has 1 rings (SSSR count). The standard InChI is InChI=1S/C14H18O5/c1-5-12(14(16)19-4)13(15)9-6-10(17-2)8-11(7-9)18-3/h6-8,12H,5H2,1-4H3. The zero-order chi connectivity index (χ0) is 14.4. The van der Waals surface area contributed by atoms with Gasteiger partial charge in [-0.05, 0) is 18.6 Å². The Bertz CT molecular complexity index is 445. The highest BCUT2D eigenvalue weighted by Crippen LogP contribution is 2.25. The molecule has 0 spiro atoms. The number of esters is 1. The van der Waals surface area contributed by atoms with E-state index in [1.54, 1.807) is 25.1 Å². The summed E-state index contributed by atoms with van der Waals surface area (Å²) < 4.78 is 14.8. The van der Waals surface area contributed by atoms with Gasteiger partial charge in [0.05, 0.1) is 21.3 Å². The fourth-order valence-corrected chi connectivity index (χ4v) is 1.75. The molecule has 0 N–H and O–H groups in total. The molecule has 19 heavy (non-hydrogen) atoms. The maximum atomic E-state index is 12.3. The molecule has 1 aromatic rings. The van der Waals surface area contributed by atoms with Crippen molar-refractivity contribution in [3.8, 4) is 11.5 Å². The Morgan fingerprint density at radius 3 is 1.95 bits per heavy atom. The van der Waals surface area contributed by atoms with Gasteiger partial charge in [-0.3, -0.25) is 9.59 Å². The van der Waals surface area contributed by atoms with Crippen LogP contribution in [0.3, 0.4) is 0 Å². The van der Waals surface area contributed by atoms with Gasteiger partial charge in [-0.15, -0.1) is 0 Å². The first-order valence-electron chi connectivity index (χ1n) is 5.92. The summed E-state index contributed by atoms with van der Waals surface area (Å²) in [5, 5.41) is 0.